The molecule has 0 aliphatic heterocycles. The lowest BCUT2D eigenvalue weighted by Crippen LogP contribution is -2.29. The molecule has 1 heterocycles. The highest BCUT2D eigenvalue weighted by molar-refractivity contribution is 7.89. The number of nitrogens with zero attached hydrogens (tertiary/aromatic N) is 2. The fourth-order valence-electron chi connectivity index (χ4n) is 1.65. The molecule has 0 amide bonds. The first-order valence-corrected chi connectivity index (χ1v) is 7.23. The monoisotopic (exact) mass is 292 g/mol. The van der Waals surface area contributed by atoms with Crippen LogP contribution in [0.2, 0.25) is 0 Å². The third kappa shape index (κ3) is 3.90. The van der Waals surface area contributed by atoms with Crippen LogP contribution in [-0.4, -0.2) is 49.7 Å². The van der Waals surface area contributed by atoms with Crippen molar-refractivity contribution in [2.24, 2.45) is 7.05 Å². The molecule has 0 saturated heterocycles. The van der Waals surface area contributed by atoms with Gasteiger partial charge in [-0.15, -0.1) is 0 Å². The van der Waals surface area contributed by atoms with Gasteiger partial charge in [-0.05, 0) is 13.3 Å². The number of ether oxygens (including phenoxy) is 1. The van der Waals surface area contributed by atoms with E-state index in [2.05, 4.69) is 9.82 Å². The van der Waals surface area contributed by atoms with Crippen molar-refractivity contribution in [3.8, 4) is 0 Å². The van der Waals surface area contributed by atoms with Crippen molar-refractivity contribution in [2.75, 3.05) is 26.0 Å². The SMILES string of the molecule is COCC(O)CCNS(=O)(=O)c1c(N)nn(C)c1C. The summed E-state index contributed by atoms with van der Waals surface area (Å²) in [7, 11) is -0.638. The number of methoxy groups -OCH3 is 1. The molecular weight excluding hydrogens is 272 g/mol. The van der Waals surface area contributed by atoms with E-state index in [9.17, 15) is 13.5 Å². The van der Waals surface area contributed by atoms with E-state index in [1.807, 2.05) is 0 Å². The molecule has 1 aromatic rings. The Bertz CT molecular complexity index is 526. The standard InChI is InChI=1S/C10H20N4O4S/c1-7-9(10(11)13-14(7)2)19(16,17)12-5-4-8(15)6-18-3/h8,12,15H,4-6H2,1-3H3,(H2,11,13). The van der Waals surface area contributed by atoms with E-state index in [1.165, 1.54) is 11.8 Å². The van der Waals surface area contributed by atoms with Gasteiger partial charge in [0.2, 0.25) is 10.0 Å². The summed E-state index contributed by atoms with van der Waals surface area (Å²) < 4.78 is 32.7. The van der Waals surface area contributed by atoms with Gasteiger partial charge in [0.15, 0.2) is 5.82 Å². The third-order valence-corrected chi connectivity index (χ3v) is 4.33. The quantitative estimate of drug-likeness (QED) is 0.592. The largest absolute Gasteiger partial charge is 0.391 e. The highest BCUT2D eigenvalue weighted by Crippen LogP contribution is 2.20. The number of aryl methyl sites for hydroxylation is 1. The zero-order chi connectivity index (χ0) is 14.6. The molecule has 4 N–H and O–H groups in total. The number of aromatic nitrogens is 2. The first-order valence-electron chi connectivity index (χ1n) is 5.75. The molecule has 110 valence electrons. The van der Waals surface area contributed by atoms with Gasteiger partial charge in [-0.25, -0.2) is 13.1 Å². The minimum Gasteiger partial charge on any atom is -0.391 e. The molecule has 0 aliphatic rings. The maximum absolute atomic E-state index is 12.1. The predicted molar refractivity (Wildman–Crippen MR) is 70.0 cm³/mol. The van der Waals surface area contributed by atoms with E-state index in [0.717, 1.165) is 0 Å². The molecule has 0 saturated carbocycles. The summed E-state index contributed by atoms with van der Waals surface area (Å²) in [6.45, 7) is 1.88. The van der Waals surface area contributed by atoms with Crippen LogP contribution in [0.5, 0.6) is 0 Å². The number of nitrogens with two attached hydrogens (primary N) is 1. The fourth-order valence-corrected chi connectivity index (χ4v) is 3.02. The average molecular weight is 292 g/mol. The van der Waals surface area contributed by atoms with Crippen molar-refractivity contribution in [1.29, 1.82) is 0 Å². The second kappa shape index (κ2) is 6.33. The average Bonchev–Trinajstić information content (AvgIpc) is 2.53. The topological polar surface area (TPSA) is 119 Å². The van der Waals surface area contributed by atoms with Crippen LogP contribution in [0.3, 0.4) is 0 Å². The zero-order valence-electron chi connectivity index (χ0n) is 11.3. The molecule has 19 heavy (non-hydrogen) atoms. The Hall–Kier alpha value is -1.16. The Morgan fingerprint density at radius 3 is 2.68 bits per heavy atom. The molecule has 0 aromatic carbocycles. The molecule has 0 aliphatic carbocycles. The molecular formula is C10H20N4O4S. The number of hydrogen-bond donors (Lipinski definition) is 3. The molecule has 8 nitrogen and oxygen atoms in total. The lowest BCUT2D eigenvalue weighted by atomic mass is 10.3. The molecule has 1 aromatic heterocycles. The summed E-state index contributed by atoms with van der Waals surface area (Å²) in [4.78, 5) is -0.0174. The van der Waals surface area contributed by atoms with E-state index >= 15 is 0 Å². The number of sulfonamides is 1. The van der Waals surface area contributed by atoms with Gasteiger partial charge < -0.3 is 15.6 Å². The van der Waals surface area contributed by atoms with E-state index in [-0.39, 0.29) is 30.3 Å². The van der Waals surface area contributed by atoms with Crippen molar-refractivity contribution in [2.45, 2.75) is 24.3 Å². The second-order valence-electron chi connectivity index (χ2n) is 4.22. The molecule has 1 rings (SSSR count). The normalized spacial score (nSPS) is 13.7. The smallest absolute Gasteiger partial charge is 0.246 e. The molecule has 0 spiro atoms. The van der Waals surface area contributed by atoms with Crippen LogP contribution >= 0.6 is 0 Å². The fraction of sp³-hybridized carbons (Fsp3) is 0.700. The number of nitrogens with one attached hydrogen (secondary N) is 1. The van der Waals surface area contributed by atoms with Gasteiger partial charge in [0.1, 0.15) is 4.90 Å². The van der Waals surface area contributed by atoms with Crippen LogP contribution < -0.4 is 10.5 Å². The van der Waals surface area contributed by atoms with Gasteiger partial charge in [0, 0.05) is 20.7 Å². The van der Waals surface area contributed by atoms with Crippen LogP contribution in [0, 0.1) is 6.92 Å². The summed E-state index contributed by atoms with van der Waals surface area (Å²) in [6.07, 6.45) is -0.452. The van der Waals surface area contributed by atoms with E-state index in [4.69, 9.17) is 10.5 Å². The number of aliphatic hydroxyl groups is 1. The number of aliphatic hydroxyl groups excluding tert-OH is 1. The van der Waals surface area contributed by atoms with Gasteiger partial charge in [-0.2, -0.15) is 5.10 Å². The summed E-state index contributed by atoms with van der Waals surface area (Å²) in [6, 6.07) is 0. The predicted octanol–water partition coefficient (Wildman–Crippen LogP) is -1.01. The minimum absolute atomic E-state index is 0.0174. The summed E-state index contributed by atoms with van der Waals surface area (Å²) >= 11 is 0. The van der Waals surface area contributed by atoms with E-state index in [0.29, 0.717) is 5.69 Å². The number of nitrogen functional groups attached to an aromatic ring is 1. The van der Waals surface area contributed by atoms with Gasteiger partial charge >= 0.3 is 0 Å². The molecule has 0 bridgehead atoms. The lowest BCUT2D eigenvalue weighted by molar-refractivity contribution is 0.0603. The minimum atomic E-state index is -3.72. The van der Waals surface area contributed by atoms with Crippen molar-refractivity contribution in [3.63, 3.8) is 0 Å². The Balaban J connectivity index is 2.72. The molecule has 0 radical (unpaired) electrons. The van der Waals surface area contributed by atoms with Crippen LogP contribution in [0.25, 0.3) is 0 Å². The van der Waals surface area contributed by atoms with Gasteiger partial charge in [0.05, 0.1) is 18.4 Å². The Labute approximate surface area is 112 Å². The van der Waals surface area contributed by atoms with Crippen molar-refractivity contribution >= 4 is 15.8 Å². The van der Waals surface area contributed by atoms with Gasteiger partial charge in [-0.3, -0.25) is 4.68 Å². The third-order valence-electron chi connectivity index (χ3n) is 2.70. The molecule has 9 heteroatoms. The lowest BCUT2D eigenvalue weighted by Gasteiger charge is -2.10. The van der Waals surface area contributed by atoms with Crippen LogP contribution in [0.1, 0.15) is 12.1 Å². The zero-order valence-corrected chi connectivity index (χ0v) is 12.1. The maximum Gasteiger partial charge on any atom is 0.246 e. The molecule has 1 unspecified atom stereocenters. The van der Waals surface area contributed by atoms with E-state index in [1.54, 1.807) is 14.0 Å². The second-order valence-corrected chi connectivity index (χ2v) is 5.92. The van der Waals surface area contributed by atoms with Crippen LogP contribution in [0.15, 0.2) is 4.90 Å². The Kier molecular flexibility index (Phi) is 5.29. The van der Waals surface area contributed by atoms with Crippen LogP contribution in [0.4, 0.5) is 5.82 Å². The Morgan fingerprint density at radius 2 is 2.21 bits per heavy atom. The first-order chi connectivity index (χ1) is 8.79. The van der Waals surface area contributed by atoms with Crippen LogP contribution in [-0.2, 0) is 21.8 Å². The highest BCUT2D eigenvalue weighted by atomic mass is 32.2. The molecule has 1 atom stereocenters. The maximum atomic E-state index is 12.1. The Morgan fingerprint density at radius 1 is 1.58 bits per heavy atom. The van der Waals surface area contributed by atoms with E-state index < -0.39 is 16.1 Å². The van der Waals surface area contributed by atoms with Crippen molar-refractivity contribution < 1.29 is 18.3 Å². The highest BCUT2D eigenvalue weighted by Gasteiger charge is 2.24. The number of hydrogen-bond acceptors (Lipinski definition) is 6. The first kappa shape index (κ1) is 15.9. The van der Waals surface area contributed by atoms with Crippen molar-refractivity contribution in [1.82, 2.24) is 14.5 Å². The summed E-state index contributed by atoms with van der Waals surface area (Å²) in [5.74, 6) is -0.0371. The van der Waals surface area contributed by atoms with Gasteiger partial charge in [0.25, 0.3) is 0 Å². The summed E-state index contributed by atoms with van der Waals surface area (Å²) in [5.41, 5.74) is 6.05. The summed E-state index contributed by atoms with van der Waals surface area (Å²) in [5, 5.41) is 13.3. The molecule has 0 fully saturated rings. The number of anilines is 1. The van der Waals surface area contributed by atoms with Crippen molar-refractivity contribution in [3.05, 3.63) is 5.69 Å². The number of rotatable bonds is 7. The van der Waals surface area contributed by atoms with Gasteiger partial charge in [-0.1, -0.05) is 0 Å².